The van der Waals surface area contributed by atoms with E-state index in [1.807, 2.05) is 19.1 Å². The minimum absolute atomic E-state index is 0.197. The van der Waals surface area contributed by atoms with Crippen LogP contribution in [0.25, 0.3) is 6.08 Å². The van der Waals surface area contributed by atoms with Crippen molar-refractivity contribution in [1.82, 2.24) is 10.2 Å². The summed E-state index contributed by atoms with van der Waals surface area (Å²) < 4.78 is 9.62. The maximum absolute atomic E-state index is 12.8. The van der Waals surface area contributed by atoms with Gasteiger partial charge in [-0.25, -0.2) is 0 Å². The fourth-order valence-electron chi connectivity index (χ4n) is 3.21. The van der Waals surface area contributed by atoms with E-state index in [2.05, 4.69) is 5.32 Å². The molecule has 1 aliphatic heterocycles. The van der Waals surface area contributed by atoms with Gasteiger partial charge in [0.1, 0.15) is 15.8 Å². The topological polar surface area (TPSA) is 71.8 Å². The lowest BCUT2D eigenvalue weighted by Crippen LogP contribution is -2.47. The molecule has 36 heavy (non-hydrogen) atoms. The lowest BCUT2D eigenvalue weighted by molar-refractivity contribution is -0.122. The highest BCUT2D eigenvalue weighted by molar-refractivity contribution is 8.26. The second-order valence-corrected chi connectivity index (χ2v) is 11.8. The summed E-state index contributed by atoms with van der Waals surface area (Å²) >= 11 is 24.8. The Morgan fingerprint density at radius 3 is 2.47 bits per heavy atom. The van der Waals surface area contributed by atoms with Gasteiger partial charge in [-0.3, -0.25) is 14.5 Å². The Morgan fingerprint density at radius 1 is 1.17 bits per heavy atom. The molecule has 186 valence electrons. The molecule has 3 aromatic rings. The molecule has 2 heterocycles. The molecule has 1 aliphatic rings. The van der Waals surface area contributed by atoms with Gasteiger partial charge in [-0.1, -0.05) is 88.6 Å². The first-order chi connectivity index (χ1) is 17.1. The molecule has 0 aliphatic carbocycles. The van der Waals surface area contributed by atoms with E-state index in [4.69, 9.17) is 56.2 Å². The number of ether oxygens (including phenoxy) is 1. The average molecular weight is 582 g/mol. The van der Waals surface area contributed by atoms with Gasteiger partial charge >= 0.3 is 0 Å². The van der Waals surface area contributed by atoms with Gasteiger partial charge in [-0.05, 0) is 55.0 Å². The van der Waals surface area contributed by atoms with Gasteiger partial charge in [0.2, 0.25) is 10.0 Å². The maximum atomic E-state index is 12.8. The van der Waals surface area contributed by atoms with Gasteiger partial charge in [-0.15, -0.1) is 0 Å². The van der Waals surface area contributed by atoms with Gasteiger partial charge in [0.15, 0.2) is 0 Å². The van der Waals surface area contributed by atoms with Crippen molar-refractivity contribution in [2.24, 2.45) is 0 Å². The number of furan rings is 1. The van der Waals surface area contributed by atoms with Crippen molar-refractivity contribution in [3.63, 3.8) is 0 Å². The maximum Gasteiger partial charge on any atom is 0.266 e. The van der Waals surface area contributed by atoms with Crippen LogP contribution in [0.3, 0.4) is 0 Å². The predicted octanol–water partition coefficient (Wildman–Crippen LogP) is 6.49. The monoisotopic (exact) mass is 580 g/mol. The molecular formula is C25H19Cl3N2O4S2. The number of halogens is 3. The second-order valence-electron chi connectivity index (χ2n) is 7.80. The largest absolute Gasteiger partial charge is 0.467 e. The first-order valence-corrected chi connectivity index (χ1v) is 12.9. The molecule has 11 heteroatoms. The number of alkyl halides is 3. The Kier molecular flexibility index (Phi) is 8.32. The molecule has 4 rings (SSSR count). The quantitative estimate of drug-likeness (QED) is 0.149. The molecule has 0 spiro atoms. The number of hydrogen-bond donors (Lipinski definition) is 1. The predicted molar refractivity (Wildman–Crippen MR) is 147 cm³/mol. The summed E-state index contributed by atoms with van der Waals surface area (Å²) in [6, 6.07) is 17.3. The number of hydrogen-bond acceptors (Lipinski definition) is 6. The summed E-state index contributed by atoms with van der Waals surface area (Å²) in [6.07, 6.45) is 2.03. The molecule has 2 amide bonds. The van der Waals surface area contributed by atoms with Gasteiger partial charge < -0.3 is 14.5 Å². The molecule has 1 fully saturated rings. The van der Waals surface area contributed by atoms with E-state index >= 15 is 0 Å². The molecule has 1 N–H and O–H groups in total. The van der Waals surface area contributed by atoms with Crippen LogP contribution < -0.4 is 10.1 Å². The molecular weight excluding hydrogens is 563 g/mol. The van der Waals surface area contributed by atoms with E-state index < -0.39 is 15.9 Å². The Bertz CT molecular complexity index is 1290. The summed E-state index contributed by atoms with van der Waals surface area (Å²) in [5, 5.41) is 2.60. The number of thioether (sulfide) groups is 1. The van der Waals surface area contributed by atoms with Crippen molar-refractivity contribution in [1.29, 1.82) is 0 Å². The number of carbonyl (C=O) groups excluding carboxylic acids is 2. The Morgan fingerprint density at radius 2 is 1.86 bits per heavy atom. The van der Waals surface area contributed by atoms with Crippen LogP contribution in [0.15, 0.2) is 76.2 Å². The van der Waals surface area contributed by atoms with Crippen LogP contribution in [-0.4, -0.2) is 31.1 Å². The third-order valence-electron chi connectivity index (χ3n) is 5.07. The van der Waals surface area contributed by atoms with E-state index in [-0.39, 0.29) is 12.5 Å². The highest BCUT2D eigenvalue weighted by Crippen LogP contribution is 2.35. The Labute approximate surface area is 232 Å². The third kappa shape index (κ3) is 6.63. The van der Waals surface area contributed by atoms with Crippen LogP contribution in [0.1, 0.15) is 27.2 Å². The number of carbonyl (C=O) groups is 2. The summed E-state index contributed by atoms with van der Waals surface area (Å²) in [5.74, 6) is 0.362. The molecule has 1 unspecified atom stereocenters. The standard InChI is InChI=1S/C25H19Cl3N2O4S2/c1-15-4-8-17(9-5-15)21(31)29-23(25(26,27)28)34-18-10-6-16(7-11-18)13-20-22(32)30(24(35)36-20)14-19-3-2-12-33-19/h2-13,23H,14H2,1H3,(H,29,31). The van der Waals surface area contributed by atoms with Crippen LogP contribution in [0.4, 0.5) is 0 Å². The van der Waals surface area contributed by atoms with E-state index in [1.165, 1.54) is 16.7 Å². The number of thiocarbonyl (C=S) groups is 1. The van der Waals surface area contributed by atoms with Crippen molar-refractivity contribution in [2.45, 2.75) is 23.5 Å². The van der Waals surface area contributed by atoms with Crippen LogP contribution in [0, 0.1) is 6.92 Å². The second kappa shape index (κ2) is 11.3. The van der Waals surface area contributed by atoms with Crippen LogP contribution in [0.5, 0.6) is 5.75 Å². The van der Waals surface area contributed by atoms with Crippen LogP contribution in [-0.2, 0) is 11.3 Å². The SMILES string of the molecule is Cc1ccc(C(=O)NC(Oc2ccc(C=C3SC(=S)N(Cc4ccco4)C3=O)cc2)C(Cl)(Cl)Cl)cc1. The first-order valence-electron chi connectivity index (χ1n) is 10.6. The summed E-state index contributed by atoms with van der Waals surface area (Å²) in [7, 11) is 0. The van der Waals surface area contributed by atoms with Gasteiger partial charge in [0, 0.05) is 5.56 Å². The lowest BCUT2D eigenvalue weighted by atomic mass is 10.1. The Balaban J connectivity index is 1.43. The molecule has 0 radical (unpaired) electrons. The minimum Gasteiger partial charge on any atom is -0.467 e. The highest BCUT2D eigenvalue weighted by atomic mass is 35.6. The third-order valence-corrected chi connectivity index (χ3v) is 7.05. The van der Waals surface area contributed by atoms with E-state index in [0.29, 0.717) is 26.3 Å². The minimum atomic E-state index is -1.93. The van der Waals surface area contributed by atoms with Crippen molar-refractivity contribution in [3.05, 3.63) is 94.3 Å². The molecule has 1 aromatic heterocycles. The number of nitrogens with zero attached hydrogens (tertiary/aromatic N) is 1. The molecule has 6 nitrogen and oxygen atoms in total. The van der Waals surface area contributed by atoms with Crippen LogP contribution >= 0.6 is 58.8 Å². The number of benzene rings is 2. The van der Waals surface area contributed by atoms with Gasteiger partial charge in [-0.2, -0.15) is 0 Å². The average Bonchev–Trinajstić information content (AvgIpc) is 3.44. The Hall–Kier alpha value is -2.49. The van der Waals surface area contributed by atoms with E-state index in [1.54, 1.807) is 60.9 Å². The zero-order chi connectivity index (χ0) is 25.9. The van der Waals surface area contributed by atoms with Crippen LogP contribution in [0.2, 0.25) is 0 Å². The molecule has 0 bridgehead atoms. The van der Waals surface area contributed by atoms with Crippen molar-refractivity contribution in [2.75, 3.05) is 0 Å². The molecule has 1 saturated heterocycles. The lowest BCUT2D eigenvalue weighted by Gasteiger charge is -2.26. The van der Waals surface area contributed by atoms with E-state index in [0.717, 1.165) is 11.1 Å². The van der Waals surface area contributed by atoms with Gasteiger partial charge in [0.05, 0.1) is 17.7 Å². The smallest absolute Gasteiger partial charge is 0.266 e. The first kappa shape index (κ1) is 26.6. The normalized spacial score (nSPS) is 15.9. The number of nitrogens with one attached hydrogen (secondary N) is 1. The summed E-state index contributed by atoms with van der Waals surface area (Å²) in [6.45, 7) is 2.19. The highest BCUT2D eigenvalue weighted by Gasteiger charge is 2.36. The fourth-order valence-corrected chi connectivity index (χ4v) is 4.76. The van der Waals surface area contributed by atoms with Crippen molar-refractivity contribution >= 4 is 81.0 Å². The van der Waals surface area contributed by atoms with Gasteiger partial charge in [0.25, 0.3) is 11.8 Å². The zero-order valence-corrected chi connectivity index (χ0v) is 22.6. The summed E-state index contributed by atoms with van der Waals surface area (Å²) in [4.78, 5) is 27.4. The number of amides is 2. The molecule has 1 atom stereocenters. The molecule has 2 aromatic carbocycles. The number of rotatable bonds is 7. The van der Waals surface area contributed by atoms with E-state index in [9.17, 15) is 9.59 Å². The van der Waals surface area contributed by atoms with Crippen molar-refractivity contribution in [3.8, 4) is 5.75 Å². The molecule has 0 saturated carbocycles. The zero-order valence-electron chi connectivity index (χ0n) is 18.7. The number of aryl methyl sites for hydroxylation is 1. The summed E-state index contributed by atoms with van der Waals surface area (Å²) in [5.41, 5.74) is 2.17. The van der Waals surface area contributed by atoms with Crippen molar-refractivity contribution < 1.29 is 18.7 Å². The fraction of sp³-hybridized carbons (Fsp3) is 0.160.